The molecule has 2 aliphatic heterocycles. The summed E-state index contributed by atoms with van der Waals surface area (Å²) in [6, 6.07) is 5.33. The first kappa shape index (κ1) is 20.6. The summed E-state index contributed by atoms with van der Waals surface area (Å²) in [6.07, 6.45) is -0.195. The van der Waals surface area contributed by atoms with Gasteiger partial charge in [0.15, 0.2) is 0 Å². The third-order valence-electron chi connectivity index (χ3n) is 3.94. The van der Waals surface area contributed by atoms with E-state index in [1.807, 2.05) is 0 Å². The molecule has 0 aliphatic carbocycles. The Morgan fingerprint density at radius 2 is 1.79 bits per heavy atom. The van der Waals surface area contributed by atoms with Crippen molar-refractivity contribution < 1.29 is 31.2 Å². The van der Waals surface area contributed by atoms with Crippen LogP contribution in [-0.2, 0) is 14.8 Å². The Balaban J connectivity index is 1.62. The Labute approximate surface area is 163 Å². The largest absolute Gasteiger partial charge is 0.405 e. The first-order valence-electron chi connectivity index (χ1n) is 8.28. The smallest absolute Gasteiger partial charge is 0.343 e. The number of fused-ring (bicyclic) bond motifs is 1. The van der Waals surface area contributed by atoms with E-state index in [2.05, 4.69) is 9.71 Å². The molecule has 0 spiro atoms. The van der Waals surface area contributed by atoms with Gasteiger partial charge in [-0.3, -0.25) is 9.59 Å². The van der Waals surface area contributed by atoms with E-state index in [9.17, 15) is 31.2 Å². The Bertz CT molecular complexity index is 1030. The van der Waals surface area contributed by atoms with Crippen LogP contribution in [0.1, 0.15) is 10.4 Å². The van der Waals surface area contributed by atoms with Gasteiger partial charge in [0.25, 0.3) is 21.8 Å². The molecule has 0 unspecified atom stereocenters. The molecule has 1 aromatic carbocycles. The zero-order valence-electron chi connectivity index (χ0n) is 14.7. The summed E-state index contributed by atoms with van der Waals surface area (Å²) >= 11 is 0. The van der Waals surface area contributed by atoms with Gasteiger partial charge in [-0.2, -0.15) is 13.2 Å². The van der Waals surface area contributed by atoms with Gasteiger partial charge in [-0.1, -0.05) is 0 Å². The van der Waals surface area contributed by atoms with Crippen LogP contribution in [0.25, 0.3) is 0 Å². The van der Waals surface area contributed by atoms with Crippen LogP contribution in [0.15, 0.2) is 52.6 Å². The van der Waals surface area contributed by atoms with E-state index in [0.717, 1.165) is 0 Å². The molecule has 2 amide bonds. The Morgan fingerprint density at radius 3 is 2.45 bits per heavy atom. The average Bonchev–Trinajstić information content (AvgIpc) is 2.65. The molecule has 0 atom stereocenters. The van der Waals surface area contributed by atoms with E-state index < -0.39 is 34.6 Å². The zero-order chi connectivity index (χ0) is 21.2. The Morgan fingerprint density at radius 1 is 1.10 bits per heavy atom. The SMILES string of the molecule is O=C(Nc1ccc(C(=O)NCC(F)(F)F)cc1)C1=CN2CCS(=O)(=O)N=C2C=C1. The standard InChI is InChI=1S/C17H15F3N4O4S/c18-17(19,20)10-21-15(25)11-1-4-13(5-2-11)22-16(26)12-3-6-14-23-29(27,28)8-7-24(14)9-12/h1-6,9H,7-8,10H2,(H,21,25)(H,22,26). The minimum Gasteiger partial charge on any atom is -0.343 e. The van der Waals surface area contributed by atoms with Crippen LogP contribution in [0.5, 0.6) is 0 Å². The second kappa shape index (κ2) is 7.70. The van der Waals surface area contributed by atoms with Gasteiger partial charge in [0.1, 0.15) is 12.4 Å². The molecule has 12 heteroatoms. The zero-order valence-corrected chi connectivity index (χ0v) is 15.5. The first-order valence-corrected chi connectivity index (χ1v) is 9.89. The molecule has 0 aromatic heterocycles. The maximum absolute atomic E-state index is 12.4. The van der Waals surface area contributed by atoms with Crippen LogP contribution < -0.4 is 10.6 Å². The number of nitrogens with one attached hydrogen (secondary N) is 2. The number of carbonyl (C=O) groups is 2. The molecular formula is C17H15F3N4O4S. The fourth-order valence-corrected chi connectivity index (χ4v) is 3.50. The van der Waals surface area contributed by atoms with E-state index in [-0.39, 0.29) is 29.3 Å². The molecule has 2 heterocycles. The van der Waals surface area contributed by atoms with Crippen LogP contribution in [0.3, 0.4) is 0 Å². The fraction of sp³-hybridized carbons (Fsp3) is 0.235. The third kappa shape index (κ3) is 5.44. The predicted octanol–water partition coefficient (Wildman–Crippen LogP) is 1.41. The van der Waals surface area contributed by atoms with E-state index in [0.29, 0.717) is 5.69 Å². The molecule has 3 rings (SSSR count). The van der Waals surface area contributed by atoms with Crippen molar-refractivity contribution in [1.29, 1.82) is 0 Å². The summed E-state index contributed by atoms with van der Waals surface area (Å²) in [4.78, 5) is 25.6. The van der Waals surface area contributed by atoms with Gasteiger partial charge in [-0.05, 0) is 36.4 Å². The summed E-state index contributed by atoms with van der Waals surface area (Å²) < 4.78 is 63.0. The van der Waals surface area contributed by atoms with Gasteiger partial charge >= 0.3 is 6.18 Å². The number of rotatable bonds is 4. The van der Waals surface area contributed by atoms with E-state index in [1.54, 1.807) is 10.2 Å². The molecular weight excluding hydrogens is 413 g/mol. The van der Waals surface area contributed by atoms with Crippen LogP contribution in [0.2, 0.25) is 0 Å². The van der Waals surface area contributed by atoms with Crippen LogP contribution in [0.4, 0.5) is 18.9 Å². The molecule has 2 aliphatic rings. The van der Waals surface area contributed by atoms with Gasteiger partial charge in [0, 0.05) is 24.0 Å². The lowest BCUT2D eigenvalue weighted by molar-refractivity contribution is -0.123. The third-order valence-corrected chi connectivity index (χ3v) is 5.10. The highest BCUT2D eigenvalue weighted by atomic mass is 32.2. The molecule has 8 nitrogen and oxygen atoms in total. The van der Waals surface area contributed by atoms with Crippen molar-refractivity contribution in [3.63, 3.8) is 0 Å². The number of hydrogen-bond donors (Lipinski definition) is 2. The van der Waals surface area contributed by atoms with Crippen molar-refractivity contribution in [3.8, 4) is 0 Å². The maximum atomic E-state index is 12.4. The molecule has 0 saturated heterocycles. The minimum absolute atomic E-state index is 0.0133. The number of halogens is 3. The van der Waals surface area contributed by atoms with Gasteiger partial charge in [-0.25, -0.2) is 8.42 Å². The second-order valence-electron chi connectivity index (χ2n) is 6.18. The highest BCUT2D eigenvalue weighted by Crippen LogP contribution is 2.18. The minimum atomic E-state index is -4.51. The van der Waals surface area contributed by atoms with Crippen LogP contribution in [0, 0.1) is 0 Å². The lowest BCUT2D eigenvalue weighted by Crippen LogP contribution is -2.37. The normalized spacial score (nSPS) is 17.7. The van der Waals surface area contributed by atoms with Gasteiger partial charge in [0.05, 0.1) is 11.3 Å². The van der Waals surface area contributed by atoms with E-state index in [1.165, 1.54) is 42.6 Å². The van der Waals surface area contributed by atoms with Crippen molar-refractivity contribution in [1.82, 2.24) is 10.2 Å². The molecule has 0 bridgehead atoms. The summed E-state index contributed by atoms with van der Waals surface area (Å²) in [5.74, 6) is -1.30. The van der Waals surface area contributed by atoms with Crippen LogP contribution >= 0.6 is 0 Å². The molecule has 1 aromatic rings. The van der Waals surface area contributed by atoms with Crippen LogP contribution in [-0.4, -0.2) is 56.0 Å². The first-order chi connectivity index (χ1) is 13.5. The monoisotopic (exact) mass is 428 g/mol. The lowest BCUT2D eigenvalue weighted by atomic mass is 10.1. The fourth-order valence-electron chi connectivity index (χ4n) is 2.53. The Kier molecular flexibility index (Phi) is 5.46. The van der Waals surface area contributed by atoms with Gasteiger partial charge in [-0.15, -0.1) is 4.40 Å². The van der Waals surface area contributed by atoms with Crippen molar-refractivity contribution in [2.24, 2.45) is 4.40 Å². The topological polar surface area (TPSA) is 108 Å². The summed E-state index contributed by atoms with van der Waals surface area (Å²) in [7, 11) is -3.49. The molecule has 0 saturated carbocycles. The van der Waals surface area contributed by atoms with E-state index in [4.69, 9.17) is 0 Å². The number of amidine groups is 1. The molecule has 154 valence electrons. The summed E-state index contributed by atoms with van der Waals surface area (Å²) in [5.41, 5.74) is 0.604. The van der Waals surface area contributed by atoms with E-state index >= 15 is 0 Å². The molecule has 2 N–H and O–H groups in total. The highest BCUT2D eigenvalue weighted by Gasteiger charge is 2.28. The predicted molar refractivity (Wildman–Crippen MR) is 98.6 cm³/mol. The average molecular weight is 428 g/mol. The quantitative estimate of drug-likeness (QED) is 0.754. The van der Waals surface area contributed by atoms with Crippen molar-refractivity contribution in [2.45, 2.75) is 6.18 Å². The number of benzene rings is 1. The summed E-state index contributed by atoms with van der Waals surface area (Å²) in [6.45, 7) is -1.27. The number of alkyl halides is 3. The maximum Gasteiger partial charge on any atom is 0.405 e. The van der Waals surface area contributed by atoms with Crippen molar-refractivity contribution in [2.75, 3.05) is 24.2 Å². The number of nitrogens with zero attached hydrogens (tertiary/aromatic N) is 2. The molecule has 0 radical (unpaired) electrons. The van der Waals surface area contributed by atoms with Crippen molar-refractivity contribution >= 4 is 33.4 Å². The highest BCUT2D eigenvalue weighted by molar-refractivity contribution is 7.90. The second-order valence-corrected chi connectivity index (χ2v) is 7.93. The van der Waals surface area contributed by atoms with Gasteiger partial charge < -0.3 is 15.5 Å². The summed E-state index contributed by atoms with van der Waals surface area (Å²) in [5, 5.41) is 4.34. The Hall–Kier alpha value is -3.15. The number of hydrogen-bond acceptors (Lipinski definition) is 5. The lowest BCUT2D eigenvalue weighted by Gasteiger charge is -2.26. The number of carbonyl (C=O) groups excluding carboxylic acids is 2. The van der Waals surface area contributed by atoms with Gasteiger partial charge in [0.2, 0.25) is 0 Å². The number of anilines is 1. The number of amides is 2. The molecule has 29 heavy (non-hydrogen) atoms. The number of sulfonamides is 1. The van der Waals surface area contributed by atoms with Crippen molar-refractivity contribution in [3.05, 3.63) is 53.8 Å². The molecule has 0 fully saturated rings.